The van der Waals surface area contributed by atoms with Crippen molar-refractivity contribution in [2.24, 2.45) is 33.7 Å². The molecule has 15 heteroatoms. The molecule has 3 atom stereocenters. The molecule has 33 heavy (non-hydrogen) atoms. The Hall–Kier alpha value is -3.46. The SMILES string of the molecule is NCCCCC(NC(=O)C(N)CCCN=C(N)N)C(=O)NC(CC(N)=O)C(=O)NCC(=O)O. The fraction of sp³-hybridized carbons (Fsp3) is 0.667. The molecule has 3 unspecified atom stereocenters. The highest BCUT2D eigenvalue weighted by Crippen LogP contribution is 2.05. The molecule has 0 aromatic rings. The second-order valence-electron chi connectivity index (χ2n) is 7.24. The van der Waals surface area contributed by atoms with Crippen LogP contribution in [-0.2, 0) is 24.0 Å². The van der Waals surface area contributed by atoms with Crippen LogP contribution < -0.4 is 44.6 Å². The lowest BCUT2D eigenvalue weighted by atomic mass is 10.1. The Bertz CT molecular complexity index is 712. The number of nitrogens with zero attached hydrogens (tertiary/aromatic N) is 1. The van der Waals surface area contributed by atoms with Gasteiger partial charge in [-0.15, -0.1) is 0 Å². The zero-order valence-corrected chi connectivity index (χ0v) is 18.4. The van der Waals surface area contributed by atoms with Crippen molar-refractivity contribution in [2.45, 2.75) is 56.7 Å². The highest BCUT2D eigenvalue weighted by atomic mass is 16.4. The lowest BCUT2D eigenvalue weighted by Gasteiger charge is -2.23. The van der Waals surface area contributed by atoms with Crippen molar-refractivity contribution in [3.63, 3.8) is 0 Å². The predicted molar refractivity (Wildman–Crippen MR) is 119 cm³/mol. The van der Waals surface area contributed by atoms with Gasteiger partial charge < -0.3 is 49.7 Å². The molecule has 0 aliphatic carbocycles. The monoisotopic (exact) mass is 473 g/mol. The van der Waals surface area contributed by atoms with Gasteiger partial charge >= 0.3 is 5.97 Å². The number of primary amides is 1. The molecule has 0 saturated carbocycles. The molecule has 0 saturated heterocycles. The van der Waals surface area contributed by atoms with Crippen LogP contribution in [0.3, 0.4) is 0 Å². The van der Waals surface area contributed by atoms with Gasteiger partial charge in [-0.3, -0.25) is 29.0 Å². The van der Waals surface area contributed by atoms with Crippen LogP contribution in [-0.4, -0.2) is 78.4 Å². The van der Waals surface area contributed by atoms with E-state index >= 15 is 0 Å². The van der Waals surface area contributed by atoms with Gasteiger partial charge in [0.1, 0.15) is 18.6 Å². The zero-order chi connectivity index (χ0) is 25.4. The van der Waals surface area contributed by atoms with Gasteiger partial charge in [-0.25, -0.2) is 0 Å². The summed E-state index contributed by atoms with van der Waals surface area (Å²) in [6, 6.07) is -3.43. The van der Waals surface area contributed by atoms with E-state index in [0.717, 1.165) is 0 Å². The van der Waals surface area contributed by atoms with Crippen molar-refractivity contribution in [3.8, 4) is 0 Å². The van der Waals surface area contributed by atoms with E-state index in [1.165, 1.54) is 0 Å². The summed E-state index contributed by atoms with van der Waals surface area (Å²) in [4.78, 5) is 63.1. The number of nitrogens with one attached hydrogen (secondary N) is 3. The number of carbonyl (C=O) groups is 5. The third kappa shape index (κ3) is 14.3. The van der Waals surface area contributed by atoms with Crippen LogP contribution in [0, 0.1) is 0 Å². The molecule has 0 spiro atoms. The molecular formula is C18H35N9O6. The first kappa shape index (κ1) is 29.5. The van der Waals surface area contributed by atoms with Crippen molar-refractivity contribution in [3.05, 3.63) is 0 Å². The second kappa shape index (κ2) is 16.2. The van der Waals surface area contributed by atoms with Gasteiger partial charge in [-0.05, 0) is 38.6 Å². The maximum atomic E-state index is 12.8. The number of nitrogens with two attached hydrogens (primary N) is 5. The van der Waals surface area contributed by atoms with Crippen molar-refractivity contribution in [1.82, 2.24) is 16.0 Å². The van der Waals surface area contributed by atoms with Crippen LogP contribution in [0.2, 0.25) is 0 Å². The zero-order valence-electron chi connectivity index (χ0n) is 18.4. The van der Waals surface area contributed by atoms with E-state index in [1.54, 1.807) is 0 Å². The van der Waals surface area contributed by atoms with Gasteiger partial charge in [0.25, 0.3) is 0 Å². The molecule has 0 aromatic heterocycles. The van der Waals surface area contributed by atoms with Crippen molar-refractivity contribution >= 4 is 35.6 Å². The smallest absolute Gasteiger partial charge is 0.322 e. The lowest BCUT2D eigenvalue weighted by molar-refractivity contribution is -0.138. The number of rotatable bonds is 17. The minimum absolute atomic E-state index is 0.0810. The molecule has 0 radical (unpaired) electrons. The standard InChI is InChI=1S/C18H35N9O6/c19-6-2-1-5-11(26-15(31)10(20)4-3-7-24-18(22)23)17(33)27-12(8-13(21)28)16(32)25-9-14(29)30/h10-12H,1-9,19-20H2,(H2,21,28)(H,25,32)(H,26,31)(H,27,33)(H,29,30)(H4,22,23,24). The van der Waals surface area contributed by atoms with Gasteiger partial charge in [0, 0.05) is 6.54 Å². The highest BCUT2D eigenvalue weighted by molar-refractivity contribution is 5.95. The van der Waals surface area contributed by atoms with Crippen molar-refractivity contribution < 1.29 is 29.1 Å². The largest absolute Gasteiger partial charge is 0.480 e. The van der Waals surface area contributed by atoms with E-state index in [-0.39, 0.29) is 25.3 Å². The summed E-state index contributed by atoms with van der Waals surface area (Å²) < 4.78 is 0. The number of carbonyl (C=O) groups excluding carboxylic acids is 4. The normalized spacial score (nSPS) is 13.2. The van der Waals surface area contributed by atoms with E-state index in [0.29, 0.717) is 25.8 Å². The van der Waals surface area contributed by atoms with Gasteiger partial charge in [0.2, 0.25) is 23.6 Å². The van der Waals surface area contributed by atoms with E-state index in [1.807, 2.05) is 0 Å². The van der Waals surface area contributed by atoms with Crippen LogP contribution in [0.5, 0.6) is 0 Å². The maximum absolute atomic E-state index is 12.8. The number of amides is 4. The number of hydrogen-bond acceptors (Lipinski definition) is 8. The highest BCUT2D eigenvalue weighted by Gasteiger charge is 2.29. The molecule has 188 valence electrons. The number of guanidine groups is 1. The Morgan fingerprint density at radius 3 is 2.03 bits per heavy atom. The summed E-state index contributed by atoms with van der Waals surface area (Å²) in [6.45, 7) is -0.0617. The minimum atomic E-state index is -1.42. The first-order valence-corrected chi connectivity index (χ1v) is 10.4. The Labute approximate surface area is 191 Å². The fourth-order valence-electron chi connectivity index (χ4n) is 2.66. The van der Waals surface area contributed by atoms with E-state index in [9.17, 15) is 24.0 Å². The fourth-order valence-corrected chi connectivity index (χ4v) is 2.66. The second-order valence-corrected chi connectivity index (χ2v) is 7.24. The first-order chi connectivity index (χ1) is 15.5. The summed E-state index contributed by atoms with van der Waals surface area (Å²) in [5.41, 5.74) is 26.9. The molecule has 0 aliphatic rings. The molecule has 0 aliphatic heterocycles. The molecular weight excluding hydrogens is 438 g/mol. The van der Waals surface area contributed by atoms with E-state index < -0.39 is 60.7 Å². The third-order valence-corrected chi connectivity index (χ3v) is 4.34. The average Bonchev–Trinajstić information content (AvgIpc) is 2.72. The average molecular weight is 474 g/mol. The summed E-state index contributed by atoms with van der Waals surface area (Å²) in [5, 5.41) is 15.6. The molecule has 4 amide bonds. The Kier molecular flexibility index (Phi) is 14.5. The maximum Gasteiger partial charge on any atom is 0.322 e. The number of hydrogen-bond donors (Lipinski definition) is 9. The van der Waals surface area contributed by atoms with E-state index in [2.05, 4.69) is 20.9 Å². The van der Waals surface area contributed by atoms with Crippen LogP contribution in [0.15, 0.2) is 4.99 Å². The van der Waals surface area contributed by atoms with Crippen LogP contribution in [0.1, 0.15) is 38.5 Å². The molecule has 0 rings (SSSR count). The number of carboxylic acid groups (broad SMARTS) is 1. The number of unbranched alkanes of at least 4 members (excludes halogenated alkanes) is 1. The quantitative estimate of drug-likeness (QED) is 0.0554. The van der Waals surface area contributed by atoms with Crippen LogP contribution >= 0.6 is 0 Å². The van der Waals surface area contributed by atoms with Gasteiger partial charge in [-0.2, -0.15) is 0 Å². The van der Waals surface area contributed by atoms with Crippen molar-refractivity contribution in [2.75, 3.05) is 19.6 Å². The minimum Gasteiger partial charge on any atom is -0.480 e. The number of aliphatic carboxylic acids is 1. The molecule has 0 aromatic carbocycles. The summed E-state index contributed by atoms with van der Waals surface area (Å²) >= 11 is 0. The topological polar surface area (TPSA) is 284 Å². The van der Waals surface area contributed by atoms with Gasteiger partial charge in [0.05, 0.1) is 12.5 Å². The Morgan fingerprint density at radius 2 is 1.48 bits per heavy atom. The number of carboxylic acids is 1. The van der Waals surface area contributed by atoms with Crippen LogP contribution in [0.25, 0.3) is 0 Å². The van der Waals surface area contributed by atoms with E-state index in [4.69, 9.17) is 33.8 Å². The van der Waals surface area contributed by atoms with Crippen molar-refractivity contribution in [1.29, 1.82) is 0 Å². The van der Waals surface area contributed by atoms with Crippen LogP contribution in [0.4, 0.5) is 0 Å². The Balaban J connectivity index is 5.18. The summed E-state index contributed by atoms with van der Waals surface area (Å²) in [7, 11) is 0. The third-order valence-electron chi connectivity index (χ3n) is 4.34. The molecule has 0 heterocycles. The molecule has 15 nitrogen and oxygen atoms in total. The molecule has 14 N–H and O–H groups in total. The van der Waals surface area contributed by atoms with Gasteiger partial charge in [0.15, 0.2) is 5.96 Å². The van der Waals surface area contributed by atoms with Gasteiger partial charge in [-0.1, -0.05) is 0 Å². The molecule has 0 bridgehead atoms. The molecule has 0 fully saturated rings. The number of aliphatic imine (C=N–C) groups is 1. The lowest BCUT2D eigenvalue weighted by Crippen LogP contribution is -2.56. The Morgan fingerprint density at radius 1 is 0.848 bits per heavy atom. The summed E-state index contributed by atoms with van der Waals surface area (Å²) in [5.74, 6) is -4.56. The predicted octanol–water partition coefficient (Wildman–Crippen LogP) is -4.46. The first-order valence-electron chi connectivity index (χ1n) is 10.4. The summed E-state index contributed by atoms with van der Waals surface area (Å²) in [6.07, 6.45) is 1.37.